The molecule has 1 aliphatic rings. The van der Waals surface area contributed by atoms with Crippen molar-refractivity contribution >= 4 is 33.4 Å². The molecule has 0 N–H and O–H groups in total. The van der Waals surface area contributed by atoms with Crippen LogP contribution in [0.2, 0.25) is 5.02 Å². The second-order valence-electron chi connectivity index (χ2n) is 6.36. The predicted octanol–water partition coefficient (Wildman–Crippen LogP) is 5.09. The standard InChI is InChI=1S/C20H21BrClNO2/c1-25-17-9-7-14(8-10-17)13-23-11-3-5-16(20(23)24)12-15-4-2-6-18(22)19(15)21/h2,4,6-10,16H,3,5,11-13H2,1H3. The van der Waals surface area contributed by atoms with E-state index < -0.39 is 0 Å². The SMILES string of the molecule is COc1ccc(CN2CCCC(Cc3cccc(Cl)c3Br)C2=O)cc1. The van der Waals surface area contributed by atoms with Crippen LogP contribution in [0.1, 0.15) is 24.0 Å². The minimum absolute atomic E-state index is 0.0155. The largest absolute Gasteiger partial charge is 0.497 e. The summed E-state index contributed by atoms with van der Waals surface area (Å²) < 4.78 is 6.09. The molecule has 0 spiro atoms. The van der Waals surface area contributed by atoms with Crippen molar-refractivity contribution in [2.45, 2.75) is 25.8 Å². The number of rotatable bonds is 5. The highest BCUT2D eigenvalue weighted by Gasteiger charge is 2.29. The molecular formula is C20H21BrClNO2. The van der Waals surface area contributed by atoms with Gasteiger partial charge in [0, 0.05) is 23.5 Å². The molecule has 1 amide bonds. The second-order valence-corrected chi connectivity index (χ2v) is 7.56. The summed E-state index contributed by atoms with van der Waals surface area (Å²) in [6, 6.07) is 13.7. The van der Waals surface area contributed by atoms with Crippen LogP contribution in [-0.2, 0) is 17.8 Å². The van der Waals surface area contributed by atoms with Gasteiger partial charge in [-0.1, -0.05) is 35.9 Å². The summed E-state index contributed by atoms with van der Waals surface area (Å²) in [5, 5.41) is 0.691. The van der Waals surface area contributed by atoms with E-state index in [0.717, 1.165) is 47.2 Å². The van der Waals surface area contributed by atoms with Crippen LogP contribution in [0.5, 0.6) is 5.75 Å². The monoisotopic (exact) mass is 421 g/mol. The van der Waals surface area contributed by atoms with Gasteiger partial charge in [0.1, 0.15) is 5.75 Å². The molecule has 0 aromatic heterocycles. The number of carbonyl (C=O) groups excluding carboxylic acids is 1. The lowest BCUT2D eigenvalue weighted by Crippen LogP contribution is -2.41. The first-order valence-corrected chi connectivity index (χ1v) is 9.60. The first kappa shape index (κ1) is 18.3. The molecule has 0 radical (unpaired) electrons. The van der Waals surface area contributed by atoms with Crippen LogP contribution < -0.4 is 4.74 Å². The third-order valence-corrected chi connectivity index (χ3v) is 6.15. The molecule has 2 aromatic rings. The molecular weight excluding hydrogens is 402 g/mol. The van der Waals surface area contributed by atoms with Gasteiger partial charge in [-0.05, 0) is 64.5 Å². The number of methoxy groups -OCH3 is 1. The summed E-state index contributed by atoms with van der Waals surface area (Å²) in [7, 11) is 1.65. The molecule has 2 aromatic carbocycles. The fourth-order valence-corrected chi connectivity index (χ4v) is 3.91. The highest BCUT2D eigenvalue weighted by molar-refractivity contribution is 9.10. The molecule has 132 valence electrons. The van der Waals surface area contributed by atoms with Gasteiger partial charge in [-0.25, -0.2) is 0 Å². The van der Waals surface area contributed by atoms with Crippen molar-refractivity contribution < 1.29 is 9.53 Å². The van der Waals surface area contributed by atoms with E-state index in [-0.39, 0.29) is 11.8 Å². The molecule has 0 saturated carbocycles. The quantitative estimate of drug-likeness (QED) is 0.671. The van der Waals surface area contributed by atoms with Crippen molar-refractivity contribution in [2.24, 2.45) is 5.92 Å². The predicted molar refractivity (Wildman–Crippen MR) is 104 cm³/mol. The van der Waals surface area contributed by atoms with Gasteiger partial charge in [0.05, 0.1) is 12.1 Å². The van der Waals surface area contributed by atoms with E-state index in [1.165, 1.54) is 0 Å². The smallest absolute Gasteiger partial charge is 0.226 e. The average molecular weight is 423 g/mol. The Hall–Kier alpha value is -1.52. The van der Waals surface area contributed by atoms with E-state index >= 15 is 0 Å². The lowest BCUT2D eigenvalue weighted by molar-refractivity contribution is -0.139. The van der Waals surface area contributed by atoms with Crippen LogP contribution in [0.25, 0.3) is 0 Å². The first-order chi connectivity index (χ1) is 12.1. The van der Waals surface area contributed by atoms with Crippen LogP contribution in [0.3, 0.4) is 0 Å². The zero-order valence-corrected chi connectivity index (χ0v) is 16.5. The number of benzene rings is 2. The lowest BCUT2D eigenvalue weighted by atomic mass is 9.90. The summed E-state index contributed by atoms with van der Waals surface area (Å²) in [4.78, 5) is 14.9. The van der Waals surface area contributed by atoms with E-state index in [4.69, 9.17) is 16.3 Å². The summed E-state index contributed by atoms with van der Waals surface area (Å²) in [6.45, 7) is 1.47. The van der Waals surface area contributed by atoms with E-state index in [0.29, 0.717) is 11.6 Å². The molecule has 1 atom stereocenters. The second kappa shape index (κ2) is 8.24. The van der Waals surface area contributed by atoms with Crippen molar-refractivity contribution in [2.75, 3.05) is 13.7 Å². The summed E-state index contributed by atoms with van der Waals surface area (Å²) in [5.41, 5.74) is 2.22. The van der Waals surface area contributed by atoms with Gasteiger partial charge < -0.3 is 9.64 Å². The number of amides is 1. The Bertz CT molecular complexity index is 748. The van der Waals surface area contributed by atoms with E-state index in [1.54, 1.807) is 7.11 Å². The highest BCUT2D eigenvalue weighted by Crippen LogP contribution is 2.31. The molecule has 5 heteroatoms. The molecule has 1 aliphatic heterocycles. The number of likely N-dealkylation sites (tertiary alicyclic amines) is 1. The minimum Gasteiger partial charge on any atom is -0.497 e. The Morgan fingerprint density at radius 1 is 1.24 bits per heavy atom. The van der Waals surface area contributed by atoms with Crippen LogP contribution in [0.4, 0.5) is 0 Å². The number of hydrogen-bond donors (Lipinski definition) is 0. The maximum atomic E-state index is 12.9. The minimum atomic E-state index is 0.0155. The molecule has 1 saturated heterocycles. The molecule has 1 fully saturated rings. The maximum Gasteiger partial charge on any atom is 0.226 e. The average Bonchev–Trinajstić information content (AvgIpc) is 2.63. The van der Waals surface area contributed by atoms with Crippen molar-refractivity contribution in [3.8, 4) is 5.75 Å². The zero-order valence-electron chi connectivity index (χ0n) is 14.2. The van der Waals surface area contributed by atoms with Crippen LogP contribution in [0, 0.1) is 5.92 Å². The third kappa shape index (κ3) is 4.36. The van der Waals surface area contributed by atoms with Gasteiger partial charge in [0.25, 0.3) is 0 Å². The number of piperidine rings is 1. The van der Waals surface area contributed by atoms with Crippen LogP contribution >= 0.6 is 27.5 Å². The van der Waals surface area contributed by atoms with Gasteiger partial charge in [-0.3, -0.25) is 4.79 Å². The van der Waals surface area contributed by atoms with Crippen molar-refractivity contribution in [1.82, 2.24) is 4.90 Å². The van der Waals surface area contributed by atoms with Gasteiger partial charge in [0.2, 0.25) is 5.91 Å². The van der Waals surface area contributed by atoms with Crippen LogP contribution in [-0.4, -0.2) is 24.5 Å². The van der Waals surface area contributed by atoms with Gasteiger partial charge >= 0.3 is 0 Å². The molecule has 25 heavy (non-hydrogen) atoms. The Balaban J connectivity index is 1.68. The molecule has 3 nitrogen and oxygen atoms in total. The maximum absolute atomic E-state index is 12.9. The third-order valence-electron chi connectivity index (χ3n) is 4.67. The lowest BCUT2D eigenvalue weighted by Gasteiger charge is -2.32. The van der Waals surface area contributed by atoms with Gasteiger partial charge in [-0.15, -0.1) is 0 Å². The summed E-state index contributed by atoms with van der Waals surface area (Å²) in [6.07, 6.45) is 2.68. The summed E-state index contributed by atoms with van der Waals surface area (Å²) >= 11 is 9.72. The molecule has 0 bridgehead atoms. The molecule has 1 unspecified atom stereocenters. The van der Waals surface area contributed by atoms with Gasteiger partial charge in [-0.2, -0.15) is 0 Å². The van der Waals surface area contributed by atoms with Crippen molar-refractivity contribution in [1.29, 1.82) is 0 Å². The van der Waals surface area contributed by atoms with Crippen molar-refractivity contribution in [3.63, 3.8) is 0 Å². The number of ether oxygens (including phenoxy) is 1. The van der Waals surface area contributed by atoms with E-state index in [2.05, 4.69) is 15.9 Å². The number of halogens is 2. The molecule has 0 aliphatic carbocycles. The van der Waals surface area contributed by atoms with E-state index in [1.807, 2.05) is 47.4 Å². The fraction of sp³-hybridized carbons (Fsp3) is 0.350. The normalized spacial score (nSPS) is 17.6. The number of hydrogen-bond acceptors (Lipinski definition) is 2. The zero-order chi connectivity index (χ0) is 17.8. The first-order valence-electron chi connectivity index (χ1n) is 8.43. The molecule has 3 rings (SSSR count). The number of carbonyl (C=O) groups is 1. The van der Waals surface area contributed by atoms with Crippen molar-refractivity contribution in [3.05, 3.63) is 63.1 Å². The Labute approximate surface area is 162 Å². The highest BCUT2D eigenvalue weighted by atomic mass is 79.9. The van der Waals surface area contributed by atoms with Gasteiger partial charge in [0.15, 0.2) is 0 Å². The molecule has 1 heterocycles. The Morgan fingerprint density at radius 3 is 2.72 bits per heavy atom. The van der Waals surface area contributed by atoms with E-state index in [9.17, 15) is 4.79 Å². The Kier molecular flexibility index (Phi) is 6.02. The number of nitrogens with zero attached hydrogens (tertiary/aromatic N) is 1. The summed E-state index contributed by atoms with van der Waals surface area (Å²) in [5.74, 6) is 1.08. The van der Waals surface area contributed by atoms with Crippen LogP contribution in [0.15, 0.2) is 46.9 Å². The topological polar surface area (TPSA) is 29.5 Å². The Morgan fingerprint density at radius 2 is 2.00 bits per heavy atom. The fourth-order valence-electron chi connectivity index (χ4n) is 3.29.